The Hall–Kier alpha value is -2.88. The molecule has 0 atom stereocenters. The molecule has 0 fully saturated rings. The third-order valence-corrected chi connectivity index (χ3v) is 3.89. The zero-order valence-electron chi connectivity index (χ0n) is 14.3. The van der Waals surface area contributed by atoms with E-state index in [0.29, 0.717) is 5.95 Å². The van der Waals surface area contributed by atoms with Crippen molar-refractivity contribution < 1.29 is 0 Å². The number of benzene rings is 2. The summed E-state index contributed by atoms with van der Waals surface area (Å²) >= 11 is 0. The van der Waals surface area contributed by atoms with E-state index < -0.39 is 0 Å². The van der Waals surface area contributed by atoms with Gasteiger partial charge in [0.2, 0.25) is 5.95 Å². The third kappa shape index (κ3) is 3.90. The van der Waals surface area contributed by atoms with Crippen LogP contribution in [0.15, 0.2) is 60.7 Å². The maximum atomic E-state index is 4.67. The number of nitrogens with zero attached hydrogens (tertiary/aromatic N) is 3. The normalized spacial score (nSPS) is 10.5. The van der Waals surface area contributed by atoms with Crippen LogP contribution in [-0.4, -0.2) is 17.0 Å². The Labute approximate surface area is 143 Å². The molecule has 0 aliphatic rings. The van der Waals surface area contributed by atoms with E-state index in [1.165, 1.54) is 11.1 Å². The number of rotatable bonds is 5. The van der Waals surface area contributed by atoms with E-state index in [-0.39, 0.29) is 0 Å². The van der Waals surface area contributed by atoms with Crippen molar-refractivity contribution in [3.05, 3.63) is 77.5 Å². The van der Waals surface area contributed by atoms with Crippen LogP contribution in [0.1, 0.15) is 16.8 Å². The molecule has 0 saturated heterocycles. The molecule has 4 nitrogen and oxygen atoms in total. The lowest BCUT2D eigenvalue weighted by atomic mass is 10.2. The molecule has 0 unspecified atom stereocenters. The van der Waals surface area contributed by atoms with Crippen molar-refractivity contribution in [3.8, 4) is 0 Å². The third-order valence-electron chi connectivity index (χ3n) is 3.89. The number of hydrogen-bond acceptors (Lipinski definition) is 4. The first-order valence-corrected chi connectivity index (χ1v) is 8.05. The van der Waals surface area contributed by atoms with Gasteiger partial charge in [0.1, 0.15) is 5.82 Å². The van der Waals surface area contributed by atoms with Gasteiger partial charge in [0.15, 0.2) is 0 Å². The van der Waals surface area contributed by atoms with Gasteiger partial charge in [0.25, 0.3) is 0 Å². The lowest BCUT2D eigenvalue weighted by molar-refractivity contribution is 0.888. The van der Waals surface area contributed by atoms with Crippen LogP contribution < -0.4 is 10.2 Å². The van der Waals surface area contributed by atoms with Crippen LogP contribution in [-0.2, 0) is 6.54 Å². The topological polar surface area (TPSA) is 41.1 Å². The summed E-state index contributed by atoms with van der Waals surface area (Å²) in [6, 6.07) is 20.5. The number of aryl methyl sites for hydroxylation is 2. The average Bonchev–Trinajstić information content (AvgIpc) is 2.57. The molecule has 1 N–H and O–H groups in total. The van der Waals surface area contributed by atoms with Gasteiger partial charge in [-0.3, -0.25) is 0 Å². The van der Waals surface area contributed by atoms with Gasteiger partial charge in [-0.05, 0) is 31.0 Å². The second-order valence-electron chi connectivity index (χ2n) is 5.97. The van der Waals surface area contributed by atoms with E-state index in [1.54, 1.807) is 0 Å². The van der Waals surface area contributed by atoms with E-state index in [2.05, 4.69) is 57.4 Å². The Morgan fingerprint density at radius 1 is 0.917 bits per heavy atom. The molecule has 0 radical (unpaired) electrons. The van der Waals surface area contributed by atoms with Gasteiger partial charge < -0.3 is 10.2 Å². The van der Waals surface area contributed by atoms with Gasteiger partial charge >= 0.3 is 0 Å². The standard InChI is InChI=1S/C20H22N4/c1-15-9-7-8-12-18(15)22-20-21-16(2)13-19(23-20)24(3)14-17-10-5-4-6-11-17/h4-13H,14H2,1-3H3,(H,21,22,23). The number of hydrogen-bond donors (Lipinski definition) is 1. The average molecular weight is 318 g/mol. The monoisotopic (exact) mass is 318 g/mol. The molecule has 2 aromatic carbocycles. The molecule has 24 heavy (non-hydrogen) atoms. The first-order chi connectivity index (χ1) is 11.6. The highest BCUT2D eigenvalue weighted by molar-refractivity contribution is 5.59. The predicted octanol–water partition coefficient (Wildman–Crippen LogP) is 4.47. The van der Waals surface area contributed by atoms with Crippen LogP contribution in [0.25, 0.3) is 0 Å². The second kappa shape index (κ2) is 7.13. The van der Waals surface area contributed by atoms with E-state index in [0.717, 1.165) is 23.7 Å². The largest absolute Gasteiger partial charge is 0.355 e. The first-order valence-electron chi connectivity index (χ1n) is 8.05. The minimum Gasteiger partial charge on any atom is -0.355 e. The summed E-state index contributed by atoms with van der Waals surface area (Å²) in [5, 5.41) is 3.32. The second-order valence-corrected chi connectivity index (χ2v) is 5.97. The predicted molar refractivity (Wildman–Crippen MR) is 99.8 cm³/mol. The van der Waals surface area contributed by atoms with Crippen molar-refractivity contribution in [2.45, 2.75) is 20.4 Å². The molecule has 3 rings (SSSR count). The Morgan fingerprint density at radius 3 is 2.38 bits per heavy atom. The van der Waals surface area contributed by atoms with Crippen LogP contribution in [0, 0.1) is 13.8 Å². The molecule has 0 aliphatic carbocycles. The molecule has 1 aromatic heterocycles. The highest BCUT2D eigenvalue weighted by Crippen LogP contribution is 2.21. The molecule has 0 bridgehead atoms. The SMILES string of the molecule is Cc1cc(N(C)Cc2ccccc2)nc(Nc2ccccc2C)n1. The maximum Gasteiger partial charge on any atom is 0.229 e. The summed E-state index contributed by atoms with van der Waals surface area (Å²) in [5.74, 6) is 1.53. The van der Waals surface area contributed by atoms with Gasteiger partial charge in [-0.2, -0.15) is 4.98 Å². The number of para-hydroxylation sites is 1. The van der Waals surface area contributed by atoms with Gasteiger partial charge in [-0.15, -0.1) is 0 Å². The van der Waals surface area contributed by atoms with Crippen LogP contribution in [0.2, 0.25) is 0 Å². The van der Waals surface area contributed by atoms with E-state index in [9.17, 15) is 0 Å². The van der Waals surface area contributed by atoms with E-state index in [4.69, 9.17) is 0 Å². The first kappa shape index (κ1) is 16.0. The van der Waals surface area contributed by atoms with Crippen LogP contribution in [0.3, 0.4) is 0 Å². The fraction of sp³-hybridized carbons (Fsp3) is 0.200. The molecular weight excluding hydrogens is 296 g/mol. The van der Waals surface area contributed by atoms with Crippen LogP contribution >= 0.6 is 0 Å². The minimum atomic E-state index is 0.624. The molecular formula is C20H22N4. The Kier molecular flexibility index (Phi) is 4.75. The molecule has 1 heterocycles. The lowest BCUT2D eigenvalue weighted by Gasteiger charge is -2.19. The smallest absolute Gasteiger partial charge is 0.229 e. The van der Waals surface area contributed by atoms with Gasteiger partial charge in [-0.1, -0.05) is 48.5 Å². The Morgan fingerprint density at radius 2 is 1.62 bits per heavy atom. The molecule has 0 aliphatic heterocycles. The van der Waals surface area contributed by atoms with Gasteiger partial charge in [0, 0.05) is 31.0 Å². The van der Waals surface area contributed by atoms with Crippen molar-refractivity contribution in [2.24, 2.45) is 0 Å². The maximum absolute atomic E-state index is 4.67. The van der Waals surface area contributed by atoms with Gasteiger partial charge in [-0.25, -0.2) is 4.98 Å². The zero-order valence-corrected chi connectivity index (χ0v) is 14.3. The van der Waals surface area contributed by atoms with Crippen molar-refractivity contribution in [2.75, 3.05) is 17.3 Å². The van der Waals surface area contributed by atoms with E-state index in [1.807, 2.05) is 44.3 Å². The molecule has 122 valence electrons. The number of aromatic nitrogens is 2. The molecule has 4 heteroatoms. The summed E-state index contributed by atoms with van der Waals surface area (Å²) in [5.41, 5.74) is 4.39. The summed E-state index contributed by atoms with van der Waals surface area (Å²) in [6.45, 7) is 4.87. The Bertz CT molecular complexity index is 815. The summed E-state index contributed by atoms with van der Waals surface area (Å²) in [6.07, 6.45) is 0. The Balaban J connectivity index is 1.82. The quantitative estimate of drug-likeness (QED) is 0.753. The highest BCUT2D eigenvalue weighted by Gasteiger charge is 2.08. The van der Waals surface area contributed by atoms with Crippen molar-refractivity contribution in [1.82, 2.24) is 9.97 Å². The molecule has 3 aromatic rings. The van der Waals surface area contributed by atoms with Crippen molar-refractivity contribution in [1.29, 1.82) is 0 Å². The van der Waals surface area contributed by atoms with Crippen LogP contribution in [0.4, 0.5) is 17.5 Å². The molecule has 0 spiro atoms. The lowest BCUT2D eigenvalue weighted by Crippen LogP contribution is -2.18. The summed E-state index contributed by atoms with van der Waals surface area (Å²) in [7, 11) is 2.05. The summed E-state index contributed by atoms with van der Waals surface area (Å²) in [4.78, 5) is 11.3. The summed E-state index contributed by atoms with van der Waals surface area (Å²) < 4.78 is 0. The van der Waals surface area contributed by atoms with E-state index >= 15 is 0 Å². The van der Waals surface area contributed by atoms with Crippen molar-refractivity contribution in [3.63, 3.8) is 0 Å². The van der Waals surface area contributed by atoms with Gasteiger partial charge in [0.05, 0.1) is 0 Å². The molecule has 0 saturated carbocycles. The fourth-order valence-corrected chi connectivity index (χ4v) is 2.58. The fourth-order valence-electron chi connectivity index (χ4n) is 2.58. The number of nitrogens with one attached hydrogen (secondary N) is 1. The molecule has 0 amide bonds. The van der Waals surface area contributed by atoms with Crippen molar-refractivity contribution >= 4 is 17.5 Å². The number of anilines is 3. The zero-order chi connectivity index (χ0) is 16.9. The highest BCUT2D eigenvalue weighted by atomic mass is 15.2. The minimum absolute atomic E-state index is 0.624. The van der Waals surface area contributed by atoms with Crippen LogP contribution in [0.5, 0.6) is 0 Å².